The third-order valence-electron chi connectivity index (χ3n) is 4.49. The second kappa shape index (κ2) is 9.95. The van der Waals surface area contributed by atoms with Crippen molar-refractivity contribution in [1.82, 2.24) is 25.1 Å². The van der Waals surface area contributed by atoms with E-state index in [1.807, 2.05) is 13.2 Å². The maximum absolute atomic E-state index is 12.5. The second-order valence-corrected chi connectivity index (χ2v) is 8.78. The van der Waals surface area contributed by atoms with Crippen LogP contribution in [0.5, 0.6) is 0 Å². The molecule has 3 aromatic rings. The van der Waals surface area contributed by atoms with Crippen LogP contribution in [0, 0.1) is 0 Å². The Hall–Kier alpha value is -3.53. The molecule has 10 nitrogen and oxygen atoms in total. The maximum atomic E-state index is 12.5. The number of rotatable bonds is 6. The SMILES string of the molecule is COC(=O)Nc1ccc(-c2nc([C@H](Cc3cnn(C)c3)NC(=O)OC(C)(C)C)[nH]c2Cl)cc1. The van der Waals surface area contributed by atoms with Crippen molar-refractivity contribution in [3.05, 3.63) is 53.2 Å². The Bertz CT molecular complexity index is 1120. The number of nitrogens with one attached hydrogen (secondary N) is 3. The summed E-state index contributed by atoms with van der Waals surface area (Å²) >= 11 is 6.45. The van der Waals surface area contributed by atoms with E-state index in [0.29, 0.717) is 28.8 Å². The monoisotopic (exact) mass is 474 g/mol. The van der Waals surface area contributed by atoms with Gasteiger partial charge in [0, 0.05) is 30.9 Å². The highest BCUT2D eigenvalue weighted by Gasteiger charge is 2.25. The molecule has 2 aromatic heterocycles. The minimum Gasteiger partial charge on any atom is -0.453 e. The molecule has 0 spiro atoms. The van der Waals surface area contributed by atoms with Gasteiger partial charge in [-0.3, -0.25) is 10.00 Å². The highest BCUT2D eigenvalue weighted by Crippen LogP contribution is 2.29. The third-order valence-corrected chi connectivity index (χ3v) is 4.76. The van der Waals surface area contributed by atoms with E-state index >= 15 is 0 Å². The fourth-order valence-corrected chi connectivity index (χ4v) is 3.33. The van der Waals surface area contributed by atoms with Gasteiger partial charge in [-0.1, -0.05) is 23.7 Å². The molecule has 0 fully saturated rings. The van der Waals surface area contributed by atoms with Crippen molar-refractivity contribution < 1.29 is 19.1 Å². The largest absolute Gasteiger partial charge is 0.453 e. The number of H-pyrrole nitrogens is 1. The number of carbonyl (C=O) groups is 2. The Kier molecular flexibility index (Phi) is 7.27. The zero-order valence-corrected chi connectivity index (χ0v) is 19.9. The molecule has 2 amide bonds. The number of hydrogen-bond acceptors (Lipinski definition) is 6. The Balaban J connectivity index is 1.85. The van der Waals surface area contributed by atoms with Crippen LogP contribution in [-0.4, -0.2) is 44.6 Å². The summed E-state index contributed by atoms with van der Waals surface area (Å²) in [6.07, 6.45) is 2.89. The van der Waals surface area contributed by atoms with Crippen LogP contribution in [0.25, 0.3) is 11.3 Å². The topological polar surface area (TPSA) is 123 Å². The summed E-state index contributed by atoms with van der Waals surface area (Å²) in [5.74, 6) is 0.474. The number of aromatic amines is 1. The molecule has 0 unspecified atom stereocenters. The number of hydrogen-bond donors (Lipinski definition) is 3. The van der Waals surface area contributed by atoms with Crippen molar-refractivity contribution in [3.63, 3.8) is 0 Å². The predicted molar refractivity (Wildman–Crippen MR) is 124 cm³/mol. The standard InChI is InChI=1S/C22H27ClN6O4/c1-22(2,3)33-21(31)26-16(10-13-11-24-29(4)12-13)19-27-17(18(23)28-19)14-6-8-15(9-7-14)25-20(30)32-5/h6-9,11-12,16H,10H2,1-5H3,(H,25,30)(H,26,31)(H,27,28)/t16-/m0/s1. The summed E-state index contributed by atoms with van der Waals surface area (Å²) in [5, 5.41) is 9.96. The van der Waals surface area contributed by atoms with Crippen molar-refractivity contribution in [2.45, 2.75) is 38.8 Å². The van der Waals surface area contributed by atoms with E-state index in [2.05, 4.69) is 30.4 Å². The van der Waals surface area contributed by atoms with E-state index in [1.54, 1.807) is 55.9 Å². The number of alkyl carbamates (subject to hydrolysis) is 1. The fourth-order valence-electron chi connectivity index (χ4n) is 3.08. The number of amides is 2. The average molecular weight is 475 g/mol. The molecule has 33 heavy (non-hydrogen) atoms. The normalized spacial score (nSPS) is 12.2. The van der Waals surface area contributed by atoms with Gasteiger partial charge >= 0.3 is 12.2 Å². The van der Waals surface area contributed by atoms with Crippen LogP contribution in [0.15, 0.2) is 36.7 Å². The Morgan fingerprint density at radius 2 is 1.91 bits per heavy atom. The zero-order valence-electron chi connectivity index (χ0n) is 19.1. The van der Waals surface area contributed by atoms with E-state index in [0.717, 1.165) is 11.1 Å². The van der Waals surface area contributed by atoms with Crippen molar-refractivity contribution in [1.29, 1.82) is 0 Å². The molecule has 0 radical (unpaired) electrons. The quantitative estimate of drug-likeness (QED) is 0.485. The lowest BCUT2D eigenvalue weighted by molar-refractivity contribution is 0.0501. The minimum atomic E-state index is -0.644. The van der Waals surface area contributed by atoms with Gasteiger partial charge in [-0.05, 0) is 38.5 Å². The lowest BCUT2D eigenvalue weighted by atomic mass is 10.1. The first-order valence-electron chi connectivity index (χ1n) is 10.2. The van der Waals surface area contributed by atoms with Crippen LogP contribution in [0.2, 0.25) is 5.15 Å². The number of halogens is 1. The molecule has 0 aliphatic heterocycles. The molecule has 1 aromatic carbocycles. The van der Waals surface area contributed by atoms with Gasteiger partial charge in [0.2, 0.25) is 0 Å². The molecule has 3 rings (SSSR count). The molecule has 1 atom stereocenters. The number of aromatic nitrogens is 4. The Morgan fingerprint density at radius 3 is 2.48 bits per heavy atom. The van der Waals surface area contributed by atoms with Crippen molar-refractivity contribution in [2.75, 3.05) is 12.4 Å². The van der Waals surface area contributed by atoms with Gasteiger partial charge in [0.25, 0.3) is 0 Å². The summed E-state index contributed by atoms with van der Waals surface area (Å²) in [5.41, 5.74) is 2.08. The maximum Gasteiger partial charge on any atom is 0.411 e. The van der Waals surface area contributed by atoms with Crippen LogP contribution in [0.3, 0.4) is 0 Å². The number of carbonyl (C=O) groups excluding carboxylic acids is 2. The molecule has 0 saturated heterocycles. The van der Waals surface area contributed by atoms with Crippen LogP contribution in [0.1, 0.15) is 38.2 Å². The van der Waals surface area contributed by atoms with Crippen LogP contribution in [-0.2, 0) is 22.9 Å². The lowest BCUT2D eigenvalue weighted by Gasteiger charge is -2.22. The van der Waals surface area contributed by atoms with Gasteiger partial charge < -0.3 is 19.8 Å². The number of methoxy groups -OCH3 is 1. The minimum absolute atomic E-state index is 0.320. The number of nitrogens with zero attached hydrogens (tertiary/aromatic N) is 3. The molecule has 0 aliphatic carbocycles. The van der Waals surface area contributed by atoms with Gasteiger partial charge in [0.15, 0.2) is 0 Å². The number of benzene rings is 1. The highest BCUT2D eigenvalue weighted by atomic mass is 35.5. The molecule has 176 valence electrons. The van der Waals surface area contributed by atoms with Gasteiger partial charge in [-0.2, -0.15) is 5.10 Å². The van der Waals surface area contributed by atoms with Crippen LogP contribution >= 0.6 is 11.6 Å². The molecule has 0 saturated carbocycles. The predicted octanol–water partition coefficient (Wildman–Crippen LogP) is 4.45. The summed E-state index contributed by atoms with van der Waals surface area (Å²) in [4.78, 5) is 31.6. The van der Waals surface area contributed by atoms with E-state index in [9.17, 15) is 9.59 Å². The van der Waals surface area contributed by atoms with E-state index in [-0.39, 0.29) is 0 Å². The molecule has 0 bridgehead atoms. The van der Waals surface area contributed by atoms with E-state index in [1.165, 1.54) is 7.11 Å². The summed E-state index contributed by atoms with van der Waals surface area (Å²) < 4.78 is 11.7. The number of aryl methyl sites for hydroxylation is 1. The van der Waals surface area contributed by atoms with Gasteiger partial charge in [0.05, 0.1) is 19.3 Å². The van der Waals surface area contributed by atoms with E-state index in [4.69, 9.17) is 16.3 Å². The number of ether oxygens (including phenoxy) is 2. The third kappa shape index (κ3) is 6.72. The smallest absolute Gasteiger partial charge is 0.411 e. The second-order valence-electron chi connectivity index (χ2n) is 8.40. The van der Waals surface area contributed by atoms with Gasteiger partial charge in [-0.15, -0.1) is 0 Å². The zero-order chi connectivity index (χ0) is 24.2. The Labute approximate surface area is 196 Å². The highest BCUT2D eigenvalue weighted by molar-refractivity contribution is 6.31. The molecular formula is C22H27ClN6O4. The van der Waals surface area contributed by atoms with Crippen LogP contribution in [0.4, 0.5) is 15.3 Å². The summed E-state index contributed by atoms with van der Waals surface area (Å²) in [7, 11) is 3.11. The first kappa shape index (κ1) is 24.1. The lowest BCUT2D eigenvalue weighted by Crippen LogP contribution is -2.36. The van der Waals surface area contributed by atoms with Gasteiger partial charge in [-0.25, -0.2) is 14.6 Å². The first-order chi connectivity index (χ1) is 15.5. The van der Waals surface area contributed by atoms with Crippen molar-refractivity contribution >= 4 is 29.5 Å². The molecular weight excluding hydrogens is 448 g/mol. The van der Waals surface area contributed by atoms with Crippen molar-refractivity contribution in [2.24, 2.45) is 7.05 Å². The molecule has 11 heteroatoms. The molecule has 3 N–H and O–H groups in total. The number of anilines is 1. The summed E-state index contributed by atoms with van der Waals surface area (Å²) in [6.45, 7) is 5.38. The average Bonchev–Trinajstić information content (AvgIpc) is 3.32. The van der Waals surface area contributed by atoms with Crippen molar-refractivity contribution in [3.8, 4) is 11.3 Å². The fraction of sp³-hybridized carbons (Fsp3) is 0.364. The summed E-state index contributed by atoms with van der Waals surface area (Å²) in [6, 6.07) is 6.44. The van der Waals surface area contributed by atoms with E-state index < -0.39 is 23.8 Å². The Morgan fingerprint density at radius 1 is 1.21 bits per heavy atom. The number of imidazole rings is 1. The molecule has 0 aliphatic rings. The molecule has 2 heterocycles. The van der Waals surface area contributed by atoms with Crippen LogP contribution < -0.4 is 10.6 Å². The first-order valence-corrected chi connectivity index (χ1v) is 10.6. The van der Waals surface area contributed by atoms with Gasteiger partial charge in [0.1, 0.15) is 22.3 Å².